The Kier molecular flexibility index (Phi) is 10.8. The first-order chi connectivity index (χ1) is 5.91. The lowest BCUT2D eigenvalue weighted by molar-refractivity contribution is 0.575. The Labute approximate surface area is 77.1 Å². The van der Waals surface area contributed by atoms with Crippen molar-refractivity contribution >= 4 is 0 Å². The third kappa shape index (κ3) is 9.92. The van der Waals surface area contributed by atoms with E-state index in [1.54, 1.807) is 0 Å². The lowest BCUT2D eigenvalue weighted by Gasteiger charge is -2.02. The lowest BCUT2D eigenvalue weighted by Crippen LogP contribution is -2.15. The summed E-state index contributed by atoms with van der Waals surface area (Å²) < 4.78 is 0. The van der Waals surface area contributed by atoms with Gasteiger partial charge in [0.15, 0.2) is 0 Å². The number of rotatable bonds is 9. The second-order valence-electron chi connectivity index (χ2n) is 3.12. The van der Waals surface area contributed by atoms with Crippen molar-refractivity contribution < 1.29 is 0 Å². The van der Waals surface area contributed by atoms with Crippen molar-refractivity contribution in [2.24, 2.45) is 0 Å². The first-order valence-electron chi connectivity index (χ1n) is 5.33. The number of unbranched alkanes of at least 4 members (excludes halogenated alkanes) is 3. The largest absolute Gasteiger partial charge is 0.317 e. The summed E-state index contributed by atoms with van der Waals surface area (Å²) in [6.45, 7) is 8.92. The first kappa shape index (κ1) is 11.9. The Bertz CT molecular complexity index is 64.2. The van der Waals surface area contributed by atoms with Crippen LogP contribution in [-0.4, -0.2) is 26.2 Å². The van der Waals surface area contributed by atoms with Gasteiger partial charge in [0.25, 0.3) is 0 Å². The molecule has 0 atom stereocenters. The molecule has 0 aromatic rings. The highest BCUT2D eigenvalue weighted by atomic mass is 14.8. The minimum atomic E-state index is 1.11. The Hall–Kier alpha value is -0.0800. The fourth-order valence-corrected chi connectivity index (χ4v) is 1.21. The summed E-state index contributed by atoms with van der Waals surface area (Å²) in [4.78, 5) is 0. The third-order valence-corrected chi connectivity index (χ3v) is 1.96. The van der Waals surface area contributed by atoms with Gasteiger partial charge in [0.1, 0.15) is 0 Å². The standard InChI is InChI=1S/C10H24N2/c1-3-11-9-7-5-6-8-10-12-4-2/h11-12H,3-10H2,1-2H3. The van der Waals surface area contributed by atoms with E-state index in [4.69, 9.17) is 0 Å². The first-order valence-corrected chi connectivity index (χ1v) is 5.33. The van der Waals surface area contributed by atoms with E-state index in [9.17, 15) is 0 Å². The molecular formula is C10H24N2. The van der Waals surface area contributed by atoms with Gasteiger partial charge in [-0.15, -0.1) is 0 Å². The van der Waals surface area contributed by atoms with Gasteiger partial charge in [-0.3, -0.25) is 0 Å². The van der Waals surface area contributed by atoms with Gasteiger partial charge in [-0.1, -0.05) is 26.7 Å². The molecule has 0 radical (unpaired) electrons. The summed E-state index contributed by atoms with van der Waals surface area (Å²) in [5, 5.41) is 6.67. The molecule has 2 heteroatoms. The van der Waals surface area contributed by atoms with Crippen molar-refractivity contribution in [3.8, 4) is 0 Å². The Morgan fingerprint density at radius 1 is 0.667 bits per heavy atom. The normalized spacial score (nSPS) is 10.5. The molecule has 0 aromatic carbocycles. The third-order valence-electron chi connectivity index (χ3n) is 1.96. The minimum Gasteiger partial charge on any atom is -0.317 e. The van der Waals surface area contributed by atoms with Crippen LogP contribution in [0.15, 0.2) is 0 Å². The molecule has 0 saturated carbocycles. The molecule has 2 N–H and O–H groups in total. The van der Waals surface area contributed by atoms with Crippen molar-refractivity contribution in [3.05, 3.63) is 0 Å². The summed E-state index contributed by atoms with van der Waals surface area (Å²) in [7, 11) is 0. The average molecular weight is 172 g/mol. The van der Waals surface area contributed by atoms with Crippen LogP contribution >= 0.6 is 0 Å². The SMILES string of the molecule is CCNCCCCCCNCC. The summed E-state index contributed by atoms with van der Waals surface area (Å²) in [5.41, 5.74) is 0. The fourth-order valence-electron chi connectivity index (χ4n) is 1.21. The van der Waals surface area contributed by atoms with E-state index in [0.717, 1.165) is 13.1 Å². The Morgan fingerprint density at radius 2 is 1.08 bits per heavy atom. The molecule has 0 amide bonds. The van der Waals surface area contributed by atoms with Crippen LogP contribution in [-0.2, 0) is 0 Å². The molecule has 0 aliphatic rings. The number of hydrogen-bond donors (Lipinski definition) is 2. The summed E-state index contributed by atoms with van der Waals surface area (Å²) in [6, 6.07) is 0. The van der Waals surface area contributed by atoms with Crippen molar-refractivity contribution in [3.63, 3.8) is 0 Å². The van der Waals surface area contributed by atoms with E-state index in [1.807, 2.05) is 0 Å². The summed E-state index contributed by atoms with van der Waals surface area (Å²) in [6.07, 6.45) is 5.41. The Morgan fingerprint density at radius 3 is 1.42 bits per heavy atom. The van der Waals surface area contributed by atoms with E-state index >= 15 is 0 Å². The van der Waals surface area contributed by atoms with Gasteiger partial charge >= 0.3 is 0 Å². The molecule has 0 bridgehead atoms. The highest BCUT2D eigenvalue weighted by molar-refractivity contribution is 4.49. The van der Waals surface area contributed by atoms with Crippen molar-refractivity contribution in [1.82, 2.24) is 10.6 Å². The van der Waals surface area contributed by atoms with E-state index < -0.39 is 0 Å². The Balaban J connectivity index is 2.73. The second kappa shape index (κ2) is 10.9. The minimum absolute atomic E-state index is 1.11. The van der Waals surface area contributed by atoms with Crippen LogP contribution in [0.5, 0.6) is 0 Å². The fraction of sp³-hybridized carbons (Fsp3) is 1.00. The van der Waals surface area contributed by atoms with Crippen LogP contribution < -0.4 is 10.6 Å². The molecular weight excluding hydrogens is 148 g/mol. The summed E-state index contributed by atoms with van der Waals surface area (Å²) >= 11 is 0. The number of nitrogens with one attached hydrogen (secondary N) is 2. The van der Waals surface area contributed by atoms with E-state index in [1.165, 1.54) is 38.8 Å². The molecule has 0 unspecified atom stereocenters. The predicted octanol–water partition coefficient (Wildman–Crippen LogP) is 1.77. The zero-order valence-corrected chi connectivity index (χ0v) is 8.66. The number of hydrogen-bond acceptors (Lipinski definition) is 2. The van der Waals surface area contributed by atoms with Crippen molar-refractivity contribution in [1.29, 1.82) is 0 Å². The molecule has 0 fully saturated rings. The van der Waals surface area contributed by atoms with E-state index in [0.29, 0.717) is 0 Å². The molecule has 0 saturated heterocycles. The molecule has 0 heterocycles. The predicted molar refractivity (Wildman–Crippen MR) is 55.6 cm³/mol. The molecule has 0 rings (SSSR count). The maximum Gasteiger partial charge on any atom is -0.00490 e. The highest BCUT2D eigenvalue weighted by Crippen LogP contribution is 1.97. The molecule has 0 aliphatic carbocycles. The van der Waals surface area contributed by atoms with Crippen LogP contribution in [0.4, 0.5) is 0 Å². The topological polar surface area (TPSA) is 24.1 Å². The van der Waals surface area contributed by atoms with Crippen molar-refractivity contribution in [2.75, 3.05) is 26.2 Å². The lowest BCUT2D eigenvalue weighted by atomic mass is 10.2. The van der Waals surface area contributed by atoms with Crippen LogP contribution in [0.25, 0.3) is 0 Å². The molecule has 0 spiro atoms. The van der Waals surface area contributed by atoms with Gasteiger partial charge in [-0.25, -0.2) is 0 Å². The molecule has 74 valence electrons. The maximum atomic E-state index is 3.33. The zero-order valence-electron chi connectivity index (χ0n) is 8.66. The van der Waals surface area contributed by atoms with Gasteiger partial charge in [0.05, 0.1) is 0 Å². The van der Waals surface area contributed by atoms with Gasteiger partial charge in [0.2, 0.25) is 0 Å². The molecule has 0 aromatic heterocycles. The van der Waals surface area contributed by atoms with Crippen LogP contribution in [0.1, 0.15) is 39.5 Å². The van der Waals surface area contributed by atoms with Crippen molar-refractivity contribution in [2.45, 2.75) is 39.5 Å². The van der Waals surface area contributed by atoms with Gasteiger partial charge < -0.3 is 10.6 Å². The summed E-state index contributed by atoms with van der Waals surface area (Å²) in [5.74, 6) is 0. The van der Waals surface area contributed by atoms with E-state index in [-0.39, 0.29) is 0 Å². The average Bonchev–Trinajstić information content (AvgIpc) is 2.10. The molecule has 12 heavy (non-hydrogen) atoms. The van der Waals surface area contributed by atoms with Gasteiger partial charge in [-0.05, 0) is 39.0 Å². The monoisotopic (exact) mass is 172 g/mol. The molecule has 2 nitrogen and oxygen atoms in total. The second-order valence-corrected chi connectivity index (χ2v) is 3.12. The van der Waals surface area contributed by atoms with Crippen LogP contribution in [0.2, 0.25) is 0 Å². The van der Waals surface area contributed by atoms with Gasteiger partial charge in [-0.2, -0.15) is 0 Å². The van der Waals surface area contributed by atoms with Crippen LogP contribution in [0.3, 0.4) is 0 Å². The smallest absolute Gasteiger partial charge is 0.00490 e. The van der Waals surface area contributed by atoms with Gasteiger partial charge in [0, 0.05) is 0 Å². The quantitative estimate of drug-likeness (QED) is 0.518. The van der Waals surface area contributed by atoms with E-state index in [2.05, 4.69) is 24.5 Å². The molecule has 0 aliphatic heterocycles. The zero-order chi connectivity index (χ0) is 9.07. The van der Waals surface area contributed by atoms with Crippen LogP contribution in [0, 0.1) is 0 Å². The highest BCUT2D eigenvalue weighted by Gasteiger charge is 1.88. The maximum absolute atomic E-state index is 3.33.